The largest absolute Gasteiger partial charge is 0.500 e. The molecule has 0 radical (unpaired) electrons. The first-order valence-electron chi connectivity index (χ1n) is 3.90. The summed E-state index contributed by atoms with van der Waals surface area (Å²) < 4.78 is 15.7. The van der Waals surface area contributed by atoms with Gasteiger partial charge in [-0.2, -0.15) is 0 Å². The molecule has 5 heteroatoms. The summed E-state index contributed by atoms with van der Waals surface area (Å²) in [5.74, 6) is 0. The first-order chi connectivity index (χ1) is 5.24. The number of rotatable bonds is 6. The van der Waals surface area contributed by atoms with E-state index in [4.69, 9.17) is 13.3 Å². The predicted molar refractivity (Wildman–Crippen MR) is 50.1 cm³/mol. The SMILES string of the molecule is CCCC[Si](OC)(OC)OC.O. The molecule has 0 aromatic carbocycles. The van der Waals surface area contributed by atoms with E-state index in [1.807, 2.05) is 0 Å². The smallest absolute Gasteiger partial charge is 0.412 e. The summed E-state index contributed by atoms with van der Waals surface area (Å²) in [5.41, 5.74) is 0. The van der Waals surface area contributed by atoms with Crippen LogP contribution in [0.1, 0.15) is 19.8 Å². The molecule has 0 aliphatic rings. The molecule has 0 amide bonds. The Balaban J connectivity index is 0. The van der Waals surface area contributed by atoms with Gasteiger partial charge in [0.15, 0.2) is 0 Å². The summed E-state index contributed by atoms with van der Waals surface area (Å²) >= 11 is 0. The lowest BCUT2D eigenvalue weighted by Crippen LogP contribution is -2.42. The molecule has 4 nitrogen and oxygen atoms in total. The van der Waals surface area contributed by atoms with Crippen molar-refractivity contribution in [2.24, 2.45) is 0 Å². The molecule has 0 fully saturated rings. The maximum atomic E-state index is 5.23. The summed E-state index contributed by atoms with van der Waals surface area (Å²) in [6, 6.07) is 0.910. The van der Waals surface area contributed by atoms with Gasteiger partial charge in [-0.1, -0.05) is 13.3 Å². The fourth-order valence-corrected chi connectivity index (χ4v) is 2.85. The lowest BCUT2D eigenvalue weighted by molar-refractivity contribution is 0.123. The number of hydrogen-bond donors (Lipinski definition) is 0. The molecule has 0 rings (SSSR count). The monoisotopic (exact) mass is 196 g/mol. The van der Waals surface area contributed by atoms with Crippen molar-refractivity contribution in [1.29, 1.82) is 0 Å². The highest BCUT2D eigenvalue weighted by Gasteiger charge is 2.36. The van der Waals surface area contributed by atoms with E-state index in [2.05, 4.69) is 6.92 Å². The fraction of sp³-hybridized carbons (Fsp3) is 1.00. The molecular formula is C7H20O4Si. The Bertz CT molecular complexity index is 87.1. The van der Waals surface area contributed by atoms with Gasteiger partial charge in [0.1, 0.15) is 0 Å². The Morgan fingerprint density at radius 1 is 1.00 bits per heavy atom. The third-order valence-electron chi connectivity index (χ3n) is 1.77. The van der Waals surface area contributed by atoms with Crippen LogP contribution in [0.2, 0.25) is 6.04 Å². The van der Waals surface area contributed by atoms with E-state index in [1.54, 1.807) is 21.3 Å². The van der Waals surface area contributed by atoms with Crippen molar-refractivity contribution in [2.45, 2.75) is 25.8 Å². The molecule has 12 heavy (non-hydrogen) atoms. The van der Waals surface area contributed by atoms with E-state index in [0.717, 1.165) is 18.9 Å². The third kappa shape index (κ3) is 4.17. The highest BCUT2D eigenvalue weighted by Crippen LogP contribution is 2.15. The lowest BCUT2D eigenvalue weighted by atomic mass is 10.4. The molecule has 76 valence electrons. The van der Waals surface area contributed by atoms with Gasteiger partial charge in [0.05, 0.1) is 0 Å². The molecular weight excluding hydrogens is 176 g/mol. The van der Waals surface area contributed by atoms with Crippen LogP contribution < -0.4 is 0 Å². The first kappa shape index (κ1) is 14.6. The highest BCUT2D eigenvalue weighted by atomic mass is 28.4. The molecule has 0 spiro atoms. The maximum Gasteiger partial charge on any atom is 0.500 e. The van der Waals surface area contributed by atoms with E-state index in [9.17, 15) is 0 Å². The molecule has 0 bridgehead atoms. The first-order valence-corrected chi connectivity index (χ1v) is 5.83. The molecule has 0 aliphatic heterocycles. The summed E-state index contributed by atoms with van der Waals surface area (Å²) in [6.45, 7) is 2.14. The Labute approximate surface area is 75.5 Å². The molecule has 0 unspecified atom stereocenters. The van der Waals surface area contributed by atoms with Gasteiger partial charge in [-0.3, -0.25) is 0 Å². The van der Waals surface area contributed by atoms with Crippen molar-refractivity contribution in [3.8, 4) is 0 Å². The Hall–Kier alpha value is 0.0569. The summed E-state index contributed by atoms with van der Waals surface area (Å²) in [5, 5.41) is 0. The minimum absolute atomic E-state index is 0. The summed E-state index contributed by atoms with van der Waals surface area (Å²) in [7, 11) is 2.70. The predicted octanol–water partition coefficient (Wildman–Crippen LogP) is 0.840. The van der Waals surface area contributed by atoms with Crippen LogP contribution in [0.15, 0.2) is 0 Å². The van der Waals surface area contributed by atoms with Gasteiger partial charge in [-0.15, -0.1) is 0 Å². The van der Waals surface area contributed by atoms with Gasteiger partial charge in [-0.05, 0) is 6.42 Å². The molecule has 0 saturated carbocycles. The quantitative estimate of drug-likeness (QED) is 0.591. The Morgan fingerprint density at radius 3 is 1.67 bits per heavy atom. The van der Waals surface area contributed by atoms with Gasteiger partial charge in [-0.25, -0.2) is 0 Å². The maximum absolute atomic E-state index is 5.23. The van der Waals surface area contributed by atoms with Crippen molar-refractivity contribution < 1.29 is 18.8 Å². The Kier molecular flexibility index (Phi) is 9.34. The van der Waals surface area contributed by atoms with Crippen LogP contribution in [0.5, 0.6) is 0 Å². The molecule has 0 heterocycles. The van der Waals surface area contributed by atoms with Crippen LogP contribution >= 0.6 is 0 Å². The molecule has 0 aromatic heterocycles. The minimum Gasteiger partial charge on any atom is -0.412 e. The van der Waals surface area contributed by atoms with Crippen LogP contribution in [-0.4, -0.2) is 35.6 Å². The molecule has 0 aromatic rings. The number of unbranched alkanes of at least 4 members (excludes halogenated alkanes) is 1. The van der Waals surface area contributed by atoms with E-state index >= 15 is 0 Å². The van der Waals surface area contributed by atoms with Gasteiger partial charge >= 0.3 is 8.80 Å². The van der Waals surface area contributed by atoms with Gasteiger partial charge in [0, 0.05) is 27.4 Å². The van der Waals surface area contributed by atoms with Crippen molar-refractivity contribution in [3.63, 3.8) is 0 Å². The Morgan fingerprint density at radius 2 is 1.42 bits per heavy atom. The second kappa shape index (κ2) is 7.69. The minimum atomic E-state index is -2.24. The highest BCUT2D eigenvalue weighted by molar-refractivity contribution is 6.60. The van der Waals surface area contributed by atoms with Crippen molar-refractivity contribution in [2.75, 3.05) is 21.3 Å². The van der Waals surface area contributed by atoms with Crippen LogP contribution in [0.4, 0.5) is 0 Å². The molecule has 0 saturated heterocycles. The summed E-state index contributed by atoms with van der Waals surface area (Å²) in [6.07, 6.45) is 2.24. The number of hydrogen-bond acceptors (Lipinski definition) is 3. The van der Waals surface area contributed by atoms with E-state index in [1.165, 1.54) is 0 Å². The molecule has 0 aliphatic carbocycles. The van der Waals surface area contributed by atoms with Crippen LogP contribution in [0.25, 0.3) is 0 Å². The zero-order valence-electron chi connectivity index (χ0n) is 8.35. The average Bonchev–Trinajstić information content (AvgIpc) is 2.08. The van der Waals surface area contributed by atoms with Crippen LogP contribution in [-0.2, 0) is 13.3 Å². The van der Waals surface area contributed by atoms with Gasteiger partial charge in [0.2, 0.25) is 0 Å². The summed E-state index contributed by atoms with van der Waals surface area (Å²) in [4.78, 5) is 0. The average molecular weight is 196 g/mol. The van der Waals surface area contributed by atoms with Crippen molar-refractivity contribution >= 4 is 8.80 Å². The molecule has 0 atom stereocenters. The van der Waals surface area contributed by atoms with E-state index < -0.39 is 8.80 Å². The van der Waals surface area contributed by atoms with Crippen LogP contribution in [0, 0.1) is 0 Å². The lowest BCUT2D eigenvalue weighted by Gasteiger charge is -2.23. The van der Waals surface area contributed by atoms with E-state index in [-0.39, 0.29) is 5.48 Å². The van der Waals surface area contributed by atoms with Gasteiger partial charge in [0.25, 0.3) is 0 Å². The second-order valence-electron chi connectivity index (χ2n) is 2.40. The second-order valence-corrected chi connectivity index (χ2v) is 5.49. The zero-order valence-corrected chi connectivity index (χ0v) is 9.35. The standard InChI is InChI=1S/C7H18O3Si.H2O/c1-5-6-7-11(8-2,9-3)10-4;/h5-7H2,1-4H3;1H2. The van der Waals surface area contributed by atoms with Crippen molar-refractivity contribution in [3.05, 3.63) is 0 Å². The van der Waals surface area contributed by atoms with Gasteiger partial charge < -0.3 is 18.8 Å². The van der Waals surface area contributed by atoms with E-state index in [0.29, 0.717) is 0 Å². The third-order valence-corrected chi connectivity index (χ3v) is 4.60. The normalized spacial score (nSPS) is 11.0. The zero-order chi connectivity index (χ0) is 8.74. The van der Waals surface area contributed by atoms with Crippen LogP contribution in [0.3, 0.4) is 0 Å². The van der Waals surface area contributed by atoms with Crippen molar-refractivity contribution in [1.82, 2.24) is 0 Å². The molecule has 2 N–H and O–H groups in total. The topological polar surface area (TPSA) is 59.2 Å². The fourth-order valence-electron chi connectivity index (χ4n) is 0.949.